The predicted octanol–water partition coefficient (Wildman–Crippen LogP) is 3.29. The van der Waals surface area contributed by atoms with E-state index in [2.05, 4.69) is 10.3 Å². The Bertz CT molecular complexity index is 1040. The first-order chi connectivity index (χ1) is 12.5. The zero-order chi connectivity index (χ0) is 18.3. The van der Waals surface area contributed by atoms with Gasteiger partial charge in [0, 0.05) is 23.7 Å². The highest BCUT2D eigenvalue weighted by atomic mass is 32.1. The van der Waals surface area contributed by atoms with Crippen molar-refractivity contribution in [3.8, 4) is 10.6 Å². The van der Waals surface area contributed by atoms with Gasteiger partial charge in [-0.1, -0.05) is 30.3 Å². The van der Waals surface area contributed by atoms with E-state index in [-0.39, 0.29) is 17.7 Å². The van der Waals surface area contributed by atoms with Crippen molar-refractivity contribution in [3.05, 3.63) is 70.7 Å². The molecular formula is C19H13N3O3S. The summed E-state index contributed by atoms with van der Waals surface area (Å²) in [4.78, 5) is 41.8. The molecule has 0 aliphatic carbocycles. The number of rotatable bonds is 3. The van der Waals surface area contributed by atoms with Crippen LogP contribution in [-0.2, 0) is 0 Å². The van der Waals surface area contributed by atoms with Gasteiger partial charge in [0.1, 0.15) is 10.7 Å². The molecule has 0 bridgehead atoms. The van der Waals surface area contributed by atoms with Crippen molar-refractivity contribution in [1.29, 1.82) is 0 Å². The third kappa shape index (κ3) is 2.68. The Morgan fingerprint density at radius 2 is 1.77 bits per heavy atom. The van der Waals surface area contributed by atoms with Gasteiger partial charge in [0.25, 0.3) is 17.7 Å². The van der Waals surface area contributed by atoms with E-state index < -0.39 is 0 Å². The summed E-state index contributed by atoms with van der Waals surface area (Å²) < 4.78 is 0. The lowest BCUT2D eigenvalue weighted by molar-refractivity contribution is 0.0692. The van der Waals surface area contributed by atoms with Crippen LogP contribution in [0.2, 0.25) is 0 Å². The number of imide groups is 1. The molecule has 0 saturated carbocycles. The van der Waals surface area contributed by atoms with Crippen LogP contribution in [0.15, 0.2) is 53.9 Å². The number of fused-ring (bicyclic) bond motifs is 1. The van der Waals surface area contributed by atoms with Gasteiger partial charge in [0.05, 0.1) is 11.1 Å². The second-order valence-corrected chi connectivity index (χ2v) is 6.65. The van der Waals surface area contributed by atoms with Crippen LogP contribution in [0, 0.1) is 0 Å². The molecule has 3 aromatic rings. The summed E-state index contributed by atoms with van der Waals surface area (Å²) in [7, 11) is 1.43. The number of carbonyl (C=O) groups excluding carboxylic acids is 3. The van der Waals surface area contributed by atoms with Crippen LogP contribution >= 0.6 is 11.3 Å². The minimum atomic E-state index is -0.374. The maximum Gasteiger partial charge on any atom is 0.275 e. The number of thiazole rings is 1. The highest BCUT2D eigenvalue weighted by Crippen LogP contribution is 2.26. The van der Waals surface area contributed by atoms with Crippen LogP contribution in [0.1, 0.15) is 31.2 Å². The van der Waals surface area contributed by atoms with Crippen LogP contribution in [0.5, 0.6) is 0 Å². The van der Waals surface area contributed by atoms with E-state index in [1.807, 2.05) is 30.3 Å². The summed E-state index contributed by atoms with van der Waals surface area (Å²) >= 11 is 1.39. The van der Waals surface area contributed by atoms with E-state index in [1.165, 1.54) is 24.5 Å². The van der Waals surface area contributed by atoms with Gasteiger partial charge in [0.15, 0.2) is 0 Å². The molecular weight excluding hydrogens is 350 g/mol. The molecule has 4 rings (SSSR count). The molecule has 1 N–H and O–H groups in total. The van der Waals surface area contributed by atoms with Crippen molar-refractivity contribution in [2.75, 3.05) is 12.4 Å². The molecule has 1 aliphatic heterocycles. The molecule has 0 spiro atoms. The van der Waals surface area contributed by atoms with Gasteiger partial charge >= 0.3 is 0 Å². The Morgan fingerprint density at radius 3 is 2.54 bits per heavy atom. The Hall–Kier alpha value is -3.32. The highest BCUT2D eigenvalue weighted by molar-refractivity contribution is 7.13. The fourth-order valence-electron chi connectivity index (χ4n) is 2.73. The van der Waals surface area contributed by atoms with Gasteiger partial charge < -0.3 is 5.32 Å². The van der Waals surface area contributed by atoms with E-state index >= 15 is 0 Å². The Labute approximate surface area is 153 Å². The molecule has 0 fully saturated rings. The van der Waals surface area contributed by atoms with E-state index in [9.17, 15) is 14.4 Å². The average Bonchev–Trinajstić information content (AvgIpc) is 3.24. The molecule has 0 unspecified atom stereocenters. The molecule has 7 heteroatoms. The summed E-state index contributed by atoms with van der Waals surface area (Å²) in [5.41, 5.74) is 2.32. The van der Waals surface area contributed by atoms with Crippen molar-refractivity contribution in [3.63, 3.8) is 0 Å². The predicted molar refractivity (Wildman–Crippen MR) is 98.4 cm³/mol. The lowest BCUT2D eigenvalue weighted by Crippen LogP contribution is -2.24. The summed E-state index contributed by atoms with van der Waals surface area (Å²) in [6.45, 7) is 0. The van der Waals surface area contributed by atoms with E-state index in [0.29, 0.717) is 22.5 Å². The molecule has 26 heavy (non-hydrogen) atoms. The number of hydrogen-bond donors (Lipinski definition) is 1. The maximum absolute atomic E-state index is 12.4. The summed E-state index contributed by atoms with van der Waals surface area (Å²) in [5.74, 6) is -1.08. The van der Waals surface area contributed by atoms with Gasteiger partial charge in [-0.15, -0.1) is 11.3 Å². The van der Waals surface area contributed by atoms with Crippen molar-refractivity contribution < 1.29 is 14.4 Å². The quantitative estimate of drug-likeness (QED) is 0.724. The number of nitrogens with zero attached hydrogens (tertiary/aromatic N) is 2. The van der Waals surface area contributed by atoms with Gasteiger partial charge in [-0.05, 0) is 18.2 Å². The number of benzene rings is 2. The Morgan fingerprint density at radius 1 is 1.04 bits per heavy atom. The average molecular weight is 363 g/mol. The first-order valence-corrected chi connectivity index (χ1v) is 8.71. The normalized spacial score (nSPS) is 13.0. The van der Waals surface area contributed by atoms with Crippen LogP contribution in [-0.4, -0.2) is 34.7 Å². The molecule has 6 nitrogen and oxygen atoms in total. The fraction of sp³-hybridized carbons (Fsp3) is 0.0526. The third-order valence-electron chi connectivity index (χ3n) is 4.11. The summed E-state index contributed by atoms with van der Waals surface area (Å²) in [6.07, 6.45) is 0. The van der Waals surface area contributed by atoms with Gasteiger partial charge in [-0.3, -0.25) is 19.3 Å². The lowest BCUT2D eigenvalue weighted by Gasteiger charge is -2.04. The van der Waals surface area contributed by atoms with Crippen molar-refractivity contribution >= 4 is 34.7 Å². The number of carbonyl (C=O) groups is 3. The van der Waals surface area contributed by atoms with Gasteiger partial charge in [0.2, 0.25) is 0 Å². The molecule has 0 radical (unpaired) electrons. The monoisotopic (exact) mass is 363 g/mol. The zero-order valence-electron chi connectivity index (χ0n) is 13.7. The summed E-state index contributed by atoms with van der Waals surface area (Å²) in [5, 5.41) is 5.17. The molecule has 2 aromatic carbocycles. The number of nitrogens with one attached hydrogen (secondary N) is 1. The number of aromatic nitrogens is 1. The van der Waals surface area contributed by atoms with Gasteiger partial charge in [-0.25, -0.2) is 4.98 Å². The fourth-order valence-corrected chi connectivity index (χ4v) is 3.53. The van der Waals surface area contributed by atoms with Gasteiger partial charge in [-0.2, -0.15) is 0 Å². The molecule has 0 saturated heterocycles. The first-order valence-electron chi connectivity index (χ1n) is 7.83. The number of hydrogen-bond acceptors (Lipinski definition) is 5. The molecule has 0 atom stereocenters. The first kappa shape index (κ1) is 16.2. The minimum absolute atomic E-state index is 0.290. The van der Waals surface area contributed by atoms with Crippen LogP contribution in [0.4, 0.5) is 5.69 Å². The third-order valence-corrected chi connectivity index (χ3v) is 5.00. The Kier molecular flexibility index (Phi) is 3.85. The van der Waals surface area contributed by atoms with Crippen LogP contribution < -0.4 is 5.32 Å². The molecule has 3 amide bonds. The van der Waals surface area contributed by atoms with Crippen LogP contribution in [0.25, 0.3) is 10.6 Å². The van der Waals surface area contributed by atoms with E-state index in [1.54, 1.807) is 17.5 Å². The SMILES string of the molecule is CN1C(=O)c2ccc(NC(=O)c3csc(-c4ccccc4)n3)cc2C1=O. The molecule has 1 aromatic heterocycles. The minimum Gasteiger partial charge on any atom is -0.321 e. The van der Waals surface area contributed by atoms with Crippen molar-refractivity contribution in [2.24, 2.45) is 0 Å². The smallest absolute Gasteiger partial charge is 0.275 e. The highest BCUT2D eigenvalue weighted by Gasteiger charge is 2.32. The second-order valence-electron chi connectivity index (χ2n) is 5.79. The standard InChI is InChI=1S/C19H13N3O3S/c1-22-18(24)13-8-7-12(9-14(13)19(22)25)20-16(23)15-10-26-17(21-15)11-5-3-2-4-6-11/h2-10H,1H3,(H,20,23). The molecule has 128 valence electrons. The van der Waals surface area contributed by atoms with Crippen molar-refractivity contribution in [1.82, 2.24) is 9.88 Å². The topological polar surface area (TPSA) is 79.4 Å². The zero-order valence-corrected chi connectivity index (χ0v) is 14.5. The van der Waals surface area contributed by atoms with E-state index in [0.717, 1.165) is 15.5 Å². The molecule has 1 aliphatic rings. The number of amides is 3. The van der Waals surface area contributed by atoms with Crippen molar-refractivity contribution in [2.45, 2.75) is 0 Å². The largest absolute Gasteiger partial charge is 0.321 e. The maximum atomic E-state index is 12.4. The molecule has 2 heterocycles. The number of anilines is 1. The van der Waals surface area contributed by atoms with Crippen LogP contribution in [0.3, 0.4) is 0 Å². The summed E-state index contributed by atoms with van der Waals surface area (Å²) in [6, 6.07) is 14.3. The lowest BCUT2D eigenvalue weighted by atomic mass is 10.1. The Balaban J connectivity index is 1.56. The second kappa shape index (κ2) is 6.20. The van der Waals surface area contributed by atoms with E-state index in [4.69, 9.17) is 0 Å².